The Bertz CT molecular complexity index is 287. The van der Waals surface area contributed by atoms with Crippen molar-refractivity contribution in [2.24, 2.45) is 0 Å². The van der Waals surface area contributed by atoms with Gasteiger partial charge in [0.25, 0.3) is 0 Å². The first kappa shape index (κ1) is 8.89. The van der Waals surface area contributed by atoms with Gasteiger partial charge in [0.05, 0.1) is 0 Å². The van der Waals surface area contributed by atoms with Gasteiger partial charge >= 0.3 is 0 Å². The predicted octanol–water partition coefficient (Wildman–Crippen LogP) is 3.60. The lowest BCUT2D eigenvalue weighted by atomic mass is 10.0. The summed E-state index contributed by atoms with van der Waals surface area (Å²) in [5, 5.41) is 0. The van der Waals surface area contributed by atoms with Crippen LogP contribution in [0.25, 0.3) is 5.57 Å². The topological polar surface area (TPSA) is 0 Å². The van der Waals surface area contributed by atoms with Crippen LogP contribution in [0.4, 0.5) is 0 Å². The van der Waals surface area contributed by atoms with Crippen LogP contribution in [-0.4, -0.2) is 11.5 Å². The molecule has 0 amide bonds. The third-order valence-electron chi connectivity index (χ3n) is 2.33. The van der Waals surface area contributed by atoms with Gasteiger partial charge in [0.2, 0.25) is 0 Å². The van der Waals surface area contributed by atoms with Crippen molar-refractivity contribution in [1.82, 2.24) is 0 Å². The number of thioether (sulfide) groups is 1. The molecule has 1 heteroatoms. The Kier molecular flexibility index (Phi) is 3.09. The second kappa shape index (κ2) is 4.52. The lowest BCUT2D eigenvalue weighted by Gasteiger charge is -2.03. The molecule has 0 N–H and O–H groups in total. The second-order valence-corrected chi connectivity index (χ2v) is 4.42. The Morgan fingerprint density at radius 3 is 2.77 bits per heavy atom. The molecule has 1 aromatic carbocycles. The van der Waals surface area contributed by atoms with E-state index in [2.05, 4.69) is 36.4 Å². The van der Waals surface area contributed by atoms with Crippen LogP contribution in [0, 0.1) is 0 Å². The Labute approximate surface area is 84.0 Å². The molecule has 13 heavy (non-hydrogen) atoms. The van der Waals surface area contributed by atoms with Gasteiger partial charge in [-0.05, 0) is 29.7 Å². The Balaban J connectivity index is 2.19. The molecule has 1 aliphatic heterocycles. The number of benzene rings is 1. The van der Waals surface area contributed by atoms with E-state index >= 15 is 0 Å². The van der Waals surface area contributed by atoms with Crippen LogP contribution in [0.2, 0.25) is 0 Å². The average Bonchev–Trinajstić information content (AvgIpc) is 2.47. The molecule has 0 fully saturated rings. The van der Waals surface area contributed by atoms with E-state index in [9.17, 15) is 0 Å². The van der Waals surface area contributed by atoms with E-state index in [1.54, 1.807) is 0 Å². The summed E-state index contributed by atoms with van der Waals surface area (Å²) in [6.07, 6.45) is 4.95. The first-order valence-corrected chi connectivity index (χ1v) is 5.94. The number of hydrogen-bond acceptors (Lipinski definition) is 1. The van der Waals surface area contributed by atoms with Gasteiger partial charge in [-0.3, -0.25) is 0 Å². The third kappa shape index (κ3) is 2.38. The van der Waals surface area contributed by atoms with E-state index in [1.165, 1.54) is 35.5 Å². The van der Waals surface area contributed by atoms with Gasteiger partial charge in [-0.25, -0.2) is 0 Å². The molecule has 68 valence electrons. The van der Waals surface area contributed by atoms with Crippen molar-refractivity contribution in [3.8, 4) is 0 Å². The van der Waals surface area contributed by atoms with Crippen LogP contribution in [0.1, 0.15) is 18.4 Å². The van der Waals surface area contributed by atoms with Crippen LogP contribution in [0.3, 0.4) is 0 Å². The van der Waals surface area contributed by atoms with Crippen molar-refractivity contribution in [3.05, 3.63) is 42.0 Å². The van der Waals surface area contributed by atoms with Gasteiger partial charge in [-0.15, -0.1) is 0 Å². The standard InChI is InChI=1S/C12H14S/c1-2-5-11(6-3-1)12-7-4-9-13-10-8-12/h1-3,5-6,8H,4,7,9-10H2. The summed E-state index contributed by atoms with van der Waals surface area (Å²) in [6, 6.07) is 10.7. The fourth-order valence-electron chi connectivity index (χ4n) is 1.62. The van der Waals surface area contributed by atoms with Crippen molar-refractivity contribution in [3.63, 3.8) is 0 Å². The van der Waals surface area contributed by atoms with Crippen LogP contribution in [0.5, 0.6) is 0 Å². The fourth-order valence-corrected chi connectivity index (χ4v) is 2.46. The van der Waals surface area contributed by atoms with Gasteiger partial charge in [0.1, 0.15) is 0 Å². The molecule has 0 bridgehead atoms. The number of allylic oxidation sites excluding steroid dienone is 1. The SMILES string of the molecule is C1=C(c2ccccc2)CCCSC1. The Morgan fingerprint density at radius 1 is 1.08 bits per heavy atom. The minimum atomic E-state index is 1.18. The zero-order chi connectivity index (χ0) is 8.93. The number of rotatable bonds is 1. The highest BCUT2D eigenvalue weighted by Crippen LogP contribution is 2.24. The molecule has 0 nitrogen and oxygen atoms in total. The third-order valence-corrected chi connectivity index (χ3v) is 3.31. The van der Waals surface area contributed by atoms with Gasteiger partial charge in [-0.1, -0.05) is 36.4 Å². The maximum Gasteiger partial charge on any atom is 0.0119 e. The lowest BCUT2D eigenvalue weighted by molar-refractivity contribution is 0.992. The van der Waals surface area contributed by atoms with Crippen molar-refractivity contribution < 1.29 is 0 Å². The molecule has 1 aliphatic rings. The number of hydrogen-bond donors (Lipinski definition) is 0. The van der Waals surface area contributed by atoms with Crippen LogP contribution in [-0.2, 0) is 0 Å². The molecule has 1 heterocycles. The molecule has 0 spiro atoms. The van der Waals surface area contributed by atoms with Gasteiger partial charge in [-0.2, -0.15) is 11.8 Å². The highest BCUT2D eigenvalue weighted by atomic mass is 32.2. The summed E-state index contributed by atoms with van der Waals surface area (Å²) in [5.41, 5.74) is 2.94. The van der Waals surface area contributed by atoms with E-state index in [0.29, 0.717) is 0 Å². The summed E-state index contributed by atoms with van der Waals surface area (Å²) >= 11 is 2.04. The van der Waals surface area contributed by atoms with Crippen LogP contribution < -0.4 is 0 Å². The van der Waals surface area contributed by atoms with Crippen molar-refractivity contribution in [1.29, 1.82) is 0 Å². The van der Waals surface area contributed by atoms with E-state index in [0.717, 1.165) is 0 Å². The molecule has 0 radical (unpaired) electrons. The van der Waals surface area contributed by atoms with Crippen LogP contribution in [0.15, 0.2) is 36.4 Å². The summed E-state index contributed by atoms with van der Waals surface area (Å²) < 4.78 is 0. The molecule has 1 aromatic rings. The predicted molar refractivity (Wildman–Crippen MR) is 61.0 cm³/mol. The smallest absolute Gasteiger partial charge is 0.0119 e. The zero-order valence-corrected chi connectivity index (χ0v) is 8.52. The molecule has 2 rings (SSSR count). The fraction of sp³-hybridized carbons (Fsp3) is 0.333. The molecular formula is C12H14S. The summed E-state index contributed by atoms with van der Waals surface area (Å²) in [5.74, 6) is 2.50. The summed E-state index contributed by atoms with van der Waals surface area (Å²) in [7, 11) is 0. The molecule has 0 saturated heterocycles. The molecule has 0 aliphatic carbocycles. The maximum atomic E-state index is 2.38. The Hall–Kier alpha value is -0.690. The van der Waals surface area contributed by atoms with Crippen LogP contribution >= 0.6 is 11.8 Å². The van der Waals surface area contributed by atoms with Gasteiger partial charge < -0.3 is 0 Å². The highest BCUT2D eigenvalue weighted by molar-refractivity contribution is 7.99. The van der Waals surface area contributed by atoms with E-state index in [-0.39, 0.29) is 0 Å². The summed E-state index contributed by atoms with van der Waals surface area (Å²) in [6.45, 7) is 0. The van der Waals surface area contributed by atoms with E-state index in [1.807, 2.05) is 11.8 Å². The maximum absolute atomic E-state index is 2.38. The minimum Gasteiger partial charge on any atom is -0.158 e. The van der Waals surface area contributed by atoms with Crippen molar-refractivity contribution >= 4 is 17.3 Å². The summed E-state index contributed by atoms with van der Waals surface area (Å²) in [4.78, 5) is 0. The van der Waals surface area contributed by atoms with Crippen molar-refractivity contribution in [2.45, 2.75) is 12.8 Å². The quantitative estimate of drug-likeness (QED) is 0.652. The normalized spacial score (nSPS) is 17.7. The Morgan fingerprint density at radius 2 is 1.92 bits per heavy atom. The van der Waals surface area contributed by atoms with Crippen molar-refractivity contribution in [2.75, 3.05) is 11.5 Å². The largest absolute Gasteiger partial charge is 0.158 e. The molecular weight excluding hydrogens is 176 g/mol. The van der Waals surface area contributed by atoms with E-state index in [4.69, 9.17) is 0 Å². The van der Waals surface area contributed by atoms with E-state index < -0.39 is 0 Å². The molecule has 0 saturated carbocycles. The van der Waals surface area contributed by atoms with Gasteiger partial charge in [0.15, 0.2) is 0 Å². The molecule has 0 atom stereocenters. The lowest BCUT2D eigenvalue weighted by Crippen LogP contribution is -1.83. The molecule has 0 unspecified atom stereocenters. The minimum absolute atomic E-state index is 1.18. The first-order chi connectivity index (χ1) is 6.47. The van der Waals surface area contributed by atoms with Gasteiger partial charge in [0, 0.05) is 5.75 Å². The highest BCUT2D eigenvalue weighted by Gasteiger charge is 2.03. The molecule has 0 aromatic heterocycles. The first-order valence-electron chi connectivity index (χ1n) is 4.79. The average molecular weight is 190 g/mol. The monoisotopic (exact) mass is 190 g/mol. The zero-order valence-electron chi connectivity index (χ0n) is 7.70. The second-order valence-electron chi connectivity index (χ2n) is 3.27.